The number of hydrogen-bond donors (Lipinski definition) is 3. The fraction of sp³-hybridized carbons (Fsp3) is 0.292. The van der Waals surface area contributed by atoms with Crippen LogP contribution in [0.4, 0.5) is 0 Å². The molecule has 10 heteroatoms. The first kappa shape index (κ1) is 23.1. The van der Waals surface area contributed by atoms with Gasteiger partial charge < -0.3 is 20.1 Å². The van der Waals surface area contributed by atoms with E-state index < -0.39 is 17.9 Å². The smallest absolute Gasteiger partial charge is 0.326 e. The monoisotopic (exact) mass is 463 g/mol. The van der Waals surface area contributed by atoms with Crippen molar-refractivity contribution < 1.29 is 24.3 Å². The molecule has 0 aliphatic rings. The third-order valence-corrected chi connectivity index (χ3v) is 5.73. The van der Waals surface area contributed by atoms with Crippen LogP contribution in [-0.4, -0.2) is 48.1 Å². The zero-order valence-electron chi connectivity index (χ0n) is 19.1. The molecule has 0 radical (unpaired) electrons. The number of fused-ring (bicyclic) bond motifs is 1. The van der Waals surface area contributed by atoms with Crippen molar-refractivity contribution in [3.8, 4) is 0 Å². The van der Waals surface area contributed by atoms with Gasteiger partial charge in [-0.1, -0.05) is 23.4 Å². The minimum atomic E-state index is -1.18. The molecule has 4 aromatic rings. The van der Waals surface area contributed by atoms with E-state index in [9.17, 15) is 19.8 Å². The molecular weight excluding hydrogens is 438 g/mol. The summed E-state index contributed by atoms with van der Waals surface area (Å²) in [6.45, 7) is 5.67. The van der Waals surface area contributed by atoms with Gasteiger partial charge in [0.2, 0.25) is 0 Å². The summed E-state index contributed by atoms with van der Waals surface area (Å²) >= 11 is 0. The second-order valence-corrected chi connectivity index (χ2v) is 8.19. The van der Waals surface area contributed by atoms with Crippen LogP contribution < -0.4 is 5.32 Å². The summed E-state index contributed by atoms with van der Waals surface area (Å²) in [6.07, 6.45) is 2.98. The highest BCUT2D eigenvalue weighted by molar-refractivity contribution is 5.96. The number of aliphatic hydroxyl groups is 1. The van der Waals surface area contributed by atoms with Crippen molar-refractivity contribution in [1.29, 1.82) is 0 Å². The highest BCUT2D eigenvalue weighted by Gasteiger charge is 2.23. The fourth-order valence-corrected chi connectivity index (χ4v) is 3.94. The second-order valence-electron chi connectivity index (χ2n) is 8.19. The number of carboxylic acids is 1. The van der Waals surface area contributed by atoms with Crippen molar-refractivity contribution in [3.63, 3.8) is 0 Å². The zero-order valence-corrected chi connectivity index (χ0v) is 19.1. The van der Waals surface area contributed by atoms with Crippen LogP contribution in [0.2, 0.25) is 0 Å². The average molecular weight is 463 g/mol. The predicted octanol–water partition coefficient (Wildman–Crippen LogP) is 2.31. The van der Waals surface area contributed by atoms with E-state index in [2.05, 4.69) is 20.6 Å². The minimum absolute atomic E-state index is 0.0347. The third-order valence-electron chi connectivity index (χ3n) is 5.73. The molecule has 3 heterocycles. The predicted molar refractivity (Wildman–Crippen MR) is 122 cm³/mol. The number of aliphatic carboxylic acids is 1. The molecule has 0 aliphatic carbocycles. The number of aliphatic hydroxyl groups excluding tert-OH is 1. The Morgan fingerprint density at radius 1 is 1.21 bits per heavy atom. The second kappa shape index (κ2) is 9.44. The van der Waals surface area contributed by atoms with Crippen LogP contribution >= 0.6 is 0 Å². The molecule has 3 aromatic heterocycles. The summed E-state index contributed by atoms with van der Waals surface area (Å²) < 4.78 is 6.73. The van der Waals surface area contributed by atoms with E-state index in [0.29, 0.717) is 34.6 Å². The first-order valence-electron chi connectivity index (χ1n) is 10.7. The zero-order chi connectivity index (χ0) is 24.4. The maximum absolute atomic E-state index is 12.8. The summed E-state index contributed by atoms with van der Waals surface area (Å²) in [5, 5.41) is 30.9. The van der Waals surface area contributed by atoms with Gasteiger partial charge in [0.05, 0.1) is 36.1 Å². The summed E-state index contributed by atoms with van der Waals surface area (Å²) in [6, 6.07) is 6.01. The van der Waals surface area contributed by atoms with Crippen molar-refractivity contribution in [2.45, 2.75) is 46.4 Å². The first-order chi connectivity index (χ1) is 16.3. The number of carbonyl (C=O) groups is 2. The first-order valence-corrected chi connectivity index (χ1v) is 10.7. The number of hydrogen-bond acceptors (Lipinski definition) is 7. The lowest BCUT2D eigenvalue weighted by atomic mass is 9.99. The summed E-state index contributed by atoms with van der Waals surface area (Å²) in [7, 11) is 0. The molecule has 0 unspecified atom stereocenters. The molecule has 0 bridgehead atoms. The lowest BCUT2D eigenvalue weighted by Gasteiger charge is -2.16. The van der Waals surface area contributed by atoms with E-state index >= 15 is 0 Å². The fourth-order valence-electron chi connectivity index (χ4n) is 3.94. The number of aryl methyl sites for hydroxylation is 3. The van der Waals surface area contributed by atoms with Gasteiger partial charge in [-0.3, -0.25) is 14.5 Å². The maximum Gasteiger partial charge on any atom is 0.326 e. The molecular formula is C24H25N5O5. The van der Waals surface area contributed by atoms with Crippen LogP contribution in [0, 0.1) is 20.8 Å². The van der Waals surface area contributed by atoms with Gasteiger partial charge in [-0.05, 0) is 38.0 Å². The van der Waals surface area contributed by atoms with E-state index in [1.54, 1.807) is 36.0 Å². The topological polar surface area (TPSA) is 143 Å². The van der Waals surface area contributed by atoms with Gasteiger partial charge in [0, 0.05) is 29.3 Å². The van der Waals surface area contributed by atoms with E-state index in [1.165, 1.54) is 6.20 Å². The number of pyridine rings is 1. The summed E-state index contributed by atoms with van der Waals surface area (Å²) in [5.74, 6) is -1.03. The van der Waals surface area contributed by atoms with E-state index in [1.807, 2.05) is 19.9 Å². The maximum atomic E-state index is 12.8. The number of para-hydroxylation sites is 1. The minimum Gasteiger partial charge on any atom is -0.480 e. The van der Waals surface area contributed by atoms with Crippen LogP contribution in [0.25, 0.3) is 10.9 Å². The SMILES string of the molecule is Cc1cc(CO)c2cccc(C[C@H](NC(=O)c3cnn(Cc4c(C)noc4C)c3)C(=O)O)c2n1. The van der Waals surface area contributed by atoms with Crippen molar-refractivity contribution >= 4 is 22.8 Å². The summed E-state index contributed by atoms with van der Waals surface area (Å²) in [5.41, 5.74) is 4.56. The number of rotatable bonds is 8. The Labute approximate surface area is 195 Å². The Hall–Kier alpha value is -4.05. The van der Waals surface area contributed by atoms with Gasteiger partial charge in [0.1, 0.15) is 11.8 Å². The molecule has 10 nitrogen and oxygen atoms in total. The van der Waals surface area contributed by atoms with Gasteiger partial charge >= 0.3 is 5.97 Å². The molecule has 3 N–H and O–H groups in total. The number of aromatic nitrogens is 4. The Morgan fingerprint density at radius 3 is 2.68 bits per heavy atom. The number of amides is 1. The van der Waals surface area contributed by atoms with Crippen molar-refractivity contribution in [2.75, 3.05) is 0 Å². The van der Waals surface area contributed by atoms with Gasteiger partial charge in [0.25, 0.3) is 5.91 Å². The Bertz CT molecular complexity index is 1350. The number of benzene rings is 1. The molecule has 1 aromatic carbocycles. The number of nitrogens with one attached hydrogen (secondary N) is 1. The van der Waals surface area contributed by atoms with Gasteiger partial charge in [0.15, 0.2) is 0 Å². The molecule has 0 saturated carbocycles. The molecule has 0 saturated heterocycles. The lowest BCUT2D eigenvalue weighted by molar-refractivity contribution is -0.139. The highest BCUT2D eigenvalue weighted by Crippen LogP contribution is 2.23. The van der Waals surface area contributed by atoms with Crippen molar-refractivity contribution in [1.82, 2.24) is 25.2 Å². The molecule has 34 heavy (non-hydrogen) atoms. The average Bonchev–Trinajstić information content (AvgIpc) is 3.40. The third kappa shape index (κ3) is 4.67. The Morgan fingerprint density at radius 2 is 2.00 bits per heavy atom. The van der Waals surface area contributed by atoms with Crippen LogP contribution in [-0.2, 0) is 24.4 Å². The molecule has 0 spiro atoms. The number of nitrogens with zero attached hydrogens (tertiary/aromatic N) is 4. The van der Waals surface area contributed by atoms with Gasteiger partial charge in [-0.2, -0.15) is 5.10 Å². The number of carboxylic acid groups (broad SMARTS) is 1. The van der Waals surface area contributed by atoms with Crippen molar-refractivity contribution in [3.05, 3.63) is 76.1 Å². The largest absolute Gasteiger partial charge is 0.480 e. The van der Waals surface area contributed by atoms with E-state index in [-0.39, 0.29) is 18.6 Å². The Balaban J connectivity index is 1.54. The summed E-state index contributed by atoms with van der Waals surface area (Å²) in [4.78, 5) is 29.3. The molecule has 0 fully saturated rings. The quantitative estimate of drug-likeness (QED) is 0.361. The van der Waals surface area contributed by atoms with Gasteiger partial charge in [-0.25, -0.2) is 4.79 Å². The van der Waals surface area contributed by atoms with Crippen molar-refractivity contribution in [2.24, 2.45) is 0 Å². The van der Waals surface area contributed by atoms with Gasteiger partial charge in [-0.15, -0.1) is 0 Å². The molecule has 1 atom stereocenters. The van der Waals surface area contributed by atoms with Crippen LogP contribution in [0.3, 0.4) is 0 Å². The standard InChI is InChI=1S/C24H25N5O5/c1-13-7-17(12-30)19-6-4-5-16(22(19)26-13)8-21(24(32)33)27-23(31)18-9-25-29(10-18)11-20-14(2)28-34-15(20)3/h4-7,9-10,21,30H,8,11-12H2,1-3H3,(H,27,31)(H,32,33)/t21-/m0/s1. The normalized spacial score (nSPS) is 12.1. The van der Waals surface area contributed by atoms with Crippen LogP contribution in [0.5, 0.6) is 0 Å². The molecule has 1 amide bonds. The lowest BCUT2D eigenvalue weighted by Crippen LogP contribution is -2.42. The van der Waals surface area contributed by atoms with E-state index in [4.69, 9.17) is 4.52 Å². The van der Waals surface area contributed by atoms with Crippen LogP contribution in [0.1, 0.15) is 44.2 Å². The van der Waals surface area contributed by atoms with Crippen LogP contribution in [0.15, 0.2) is 41.2 Å². The van der Waals surface area contributed by atoms with E-state index in [0.717, 1.165) is 16.6 Å². The molecule has 0 aliphatic heterocycles. The highest BCUT2D eigenvalue weighted by atomic mass is 16.5. The molecule has 4 rings (SSSR count). The molecule has 176 valence electrons. The number of carbonyl (C=O) groups excluding carboxylic acids is 1. The Kier molecular flexibility index (Phi) is 6.42.